The molecule has 0 saturated carbocycles. The summed E-state index contributed by atoms with van der Waals surface area (Å²) in [6.07, 6.45) is 3.08. The minimum absolute atomic E-state index is 0.256. The topological polar surface area (TPSA) is 99.1 Å². The monoisotopic (exact) mass is 326 g/mol. The molecule has 0 spiro atoms. The predicted octanol–water partition coefficient (Wildman–Crippen LogP) is 1.05. The Morgan fingerprint density at radius 3 is 2.52 bits per heavy atom. The standard InChI is InChI=1S/C16H22O7/c1-4-5-15(19)22-12(10(2)17)6-7-13(21-11(3)18)14-8-9-16(20)23-14/h4-7,10,12-14,17H,8-9H2,1-3H3/b5-4+,7-6+/t10-,12+,13+,14+/m1/s1. The summed E-state index contributed by atoms with van der Waals surface area (Å²) in [5, 5.41) is 9.69. The third kappa shape index (κ3) is 6.65. The SMILES string of the molecule is C/C=C/C(=O)O[C@@H](/C=C/[C@H](OC(C)=O)[C@@H]1CCC(=O)O1)[C@@H](C)O. The van der Waals surface area contributed by atoms with E-state index in [4.69, 9.17) is 14.2 Å². The maximum Gasteiger partial charge on any atom is 0.331 e. The van der Waals surface area contributed by atoms with Gasteiger partial charge in [0.15, 0.2) is 6.10 Å². The quantitative estimate of drug-likeness (QED) is 0.323. The predicted molar refractivity (Wildman–Crippen MR) is 80.2 cm³/mol. The van der Waals surface area contributed by atoms with Crippen molar-refractivity contribution in [2.75, 3.05) is 0 Å². The molecule has 1 aliphatic rings. The van der Waals surface area contributed by atoms with Gasteiger partial charge in [-0.05, 0) is 32.4 Å². The highest BCUT2D eigenvalue weighted by molar-refractivity contribution is 5.82. The molecule has 1 aliphatic heterocycles. The molecule has 1 heterocycles. The first-order chi connectivity index (χ1) is 10.8. The van der Waals surface area contributed by atoms with E-state index in [1.807, 2.05) is 0 Å². The van der Waals surface area contributed by atoms with Crippen LogP contribution < -0.4 is 0 Å². The fourth-order valence-corrected chi connectivity index (χ4v) is 2.04. The number of hydrogen-bond acceptors (Lipinski definition) is 7. The second-order valence-corrected chi connectivity index (χ2v) is 5.17. The van der Waals surface area contributed by atoms with Crippen molar-refractivity contribution in [3.8, 4) is 0 Å². The molecule has 0 aromatic rings. The van der Waals surface area contributed by atoms with E-state index in [2.05, 4.69) is 0 Å². The van der Waals surface area contributed by atoms with Crippen LogP contribution in [0, 0.1) is 0 Å². The fourth-order valence-electron chi connectivity index (χ4n) is 2.04. The summed E-state index contributed by atoms with van der Waals surface area (Å²) in [5.41, 5.74) is 0. The van der Waals surface area contributed by atoms with Gasteiger partial charge in [0.2, 0.25) is 0 Å². The third-order valence-corrected chi connectivity index (χ3v) is 3.11. The third-order valence-electron chi connectivity index (χ3n) is 3.11. The fraction of sp³-hybridized carbons (Fsp3) is 0.562. The minimum atomic E-state index is -0.954. The largest absolute Gasteiger partial charge is 0.458 e. The lowest BCUT2D eigenvalue weighted by Crippen LogP contribution is -2.31. The summed E-state index contributed by atoms with van der Waals surface area (Å²) in [7, 11) is 0. The van der Waals surface area contributed by atoms with Crippen LogP contribution in [-0.4, -0.2) is 47.4 Å². The summed E-state index contributed by atoms with van der Waals surface area (Å²) < 4.78 is 15.3. The van der Waals surface area contributed by atoms with Crippen LogP contribution >= 0.6 is 0 Å². The number of ether oxygens (including phenoxy) is 3. The summed E-state index contributed by atoms with van der Waals surface area (Å²) >= 11 is 0. The summed E-state index contributed by atoms with van der Waals surface area (Å²) in [6.45, 7) is 4.38. The Morgan fingerprint density at radius 1 is 1.35 bits per heavy atom. The van der Waals surface area contributed by atoms with Gasteiger partial charge >= 0.3 is 17.9 Å². The zero-order chi connectivity index (χ0) is 17.4. The van der Waals surface area contributed by atoms with E-state index in [-0.39, 0.29) is 12.4 Å². The first kappa shape index (κ1) is 18.9. The van der Waals surface area contributed by atoms with E-state index < -0.39 is 36.4 Å². The second kappa shape index (κ2) is 9.09. The van der Waals surface area contributed by atoms with E-state index in [9.17, 15) is 19.5 Å². The number of rotatable bonds is 7. The van der Waals surface area contributed by atoms with Gasteiger partial charge in [0.05, 0.1) is 6.10 Å². The Labute approximate surface area is 134 Å². The van der Waals surface area contributed by atoms with Crippen molar-refractivity contribution in [3.05, 3.63) is 24.3 Å². The molecule has 0 bridgehead atoms. The van der Waals surface area contributed by atoms with Gasteiger partial charge in [-0.3, -0.25) is 9.59 Å². The van der Waals surface area contributed by atoms with Crippen molar-refractivity contribution >= 4 is 17.9 Å². The van der Waals surface area contributed by atoms with Gasteiger partial charge in [-0.25, -0.2) is 4.79 Å². The van der Waals surface area contributed by atoms with Crippen LogP contribution in [0.1, 0.15) is 33.6 Å². The van der Waals surface area contributed by atoms with Gasteiger partial charge in [-0.15, -0.1) is 0 Å². The molecule has 0 aliphatic carbocycles. The van der Waals surface area contributed by atoms with Crippen LogP contribution in [0.2, 0.25) is 0 Å². The molecule has 1 fully saturated rings. The number of cyclic esters (lactones) is 1. The van der Waals surface area contributed by atoms with Crippen LogP contribution in [0.15, 0.2) is 24.3 Å². The smallest absolute Gasteiger partial charge is 0.331 e. The van der Waals surface area contributed by atoms with E-state index in [1.54, 1.807) is 6.92 Å². The van der Waals surface area contributed by atoms with Gasteiger partial charge in [0.25, 0.3) is 0 Å². The molecule has 1 N–H and O–H groups in total. The maximum absolute atomic E-state index is 11.5. The molecule has 128 valence electrons. The van der Waals surface area contributed by atoms with E-state index in [0.29, 0.717) is 6.42 Å². The normalized spacial score (nSPS) is 21.9. The molecule has 0 aromatic carbocycles. The Balaban J connectivity index is 2.80. The molecular formula is C16H22O7. The average Bonchev–Trinajstić information content (AvgIpc) is 2.88. The van der Waals surface area contributed by atoms with Crippen LogP contribution in [0.25, 0.3) is 0 Å². The van der Waals surface area contributed by atoms with E-state index in [0.717, 1.165) is 0 Å². The zero-order valence-corrected chi connectivity index (χ0v) is 13.4. The number of carbonyl (C=O) groups is 3. The number of hydrogen-bond donors (Lipinski definition) is 1. The van der Waals surface area contributed by atoms with Crippen molar-refractivity contribution < 1.29 is 33.7 Å². The molecule has 0 amide bonds. The van der Waals surface area contributed by atoms with Crippen molar-refractivity contribution in [1.82, 2.24) is 0 Å². The highest BCUT2D eigenvalue weighted by Crippen LogP contribution is 2.21. The Hall–Kier alpha value is -2.15. The maximum atomic E-state index is 11.5. The molecule has 0 unspecified atom stereocenters. The molecule has 1 saturated heterocycles. The molecule has 7 nitrogen and oxygen atoms in total. The summed E-state index contributed by atoms with van der Waals surface area (Å²) in [5.74, 6) is -1.48. The number of aliphatic hydroxyl groups excluding tert-OH is 1. The van der Waals surface area contributed by atoms with Gasteiger partial charge in [-0.1, -0.05) is 6.08 Å². The lowest BCUT2D eigenvalue weighted by atomic mass is 10.1. The molecule has 0 aromatic heterocycles. The summed E-state index contributed by atoms with van der Waals surface area (Å²) in [6, 6.07) is 0. The molecular weight excluding hydrogens is 304 g/mol. The van der Waals surface area contributed by atoms with Crippen molar-refractivity contribution in [2.24, 2.45) is 0 Å². The number of carbonyl (C=O) groups excluding carboxylic acids is 3. The zero-order valence-electron chi connectivity index (χ0n) is 13.4. The van der Waals surface area contributed by atoms with Gasteiger partial charge in [0, 0.05) is 19.4 Å². The molecule has 7 heteroatoms. The highest BCUT2D eigenvalue weighted by Gasteiger charge is 2.32. The average molecular weight is 326 g/mol. The number of aliphatic hydroxyl groups is 1. The van der Waals surface area contributed by atoms with Gasteiger partial charge in [-0.2, -0.15) is 0 Å². The first-order valence-electron chi connectivity index (χ1n) is 7.40. The Morgan fingerprint density at radius 2 is 2.04 bits per heavy atom. The van der Waals surface area contributed by atoms with Crippen molar-refractivity contribution in [2.45, 2.75) is 58.0 Å². The van der Waals surface area contributed by atoms with Crippen molar-refractivity contribution in [3.63, 3.8) is 0 Å². The van der Waals surface area contributed by atoms with Crippen LogP contribution in [0.4, 0.5) is 0 Å². The van der Waals surface area contributed by atoms with Crippen LogP contribution in [-0.2, 0) is 28.6 Å². The van der Waals surface area contributed by atoms with E-state index in [1.165, 1.54) is 38.2 Å². The number of allylic oxidation sites excluding steroid dienone is 1. The van der Waals surface area contributed by atoms with Gasteiger partial charge < -0.3 is 19.3 Å². The molecule has 4 atom stereocenters. The Kier molecular flexibility index (Phi) is 7.47. The van der Waals surface area contributed by atoms with Crippen LogP contribution in [0.3, 0.4) is 0 Å². The second-order valence-electron chi connectivity index (χ2n) is 5.17. The molecule has 1 rings (SSSR count). The number of esters is 3. The minimum Gasteiger partial charge on any atom is -0.458 e. The Bertz CT molecular complexity index is 493. The van der Waals surface area contributed by atoms with E-state index >= 15 is 0 Å². The van der Waals surface area contributed by atoms with Crippen molar-refractivity contribution in [1.29, 1.82) is 0 Å². The molecule has 23 heavy (non-hydrogen) atoms. The molecule has 0 radical (unpaired) electrons. The first-order valence-corrected chi connectivity index (χ1v) is 7.40. The van der Waals surface area contributed by atoms with Gasteiger partial charge in [0.1, 0.15) is 12.2 Å². The van der Waals surface area contributed by atoms with Crippen LogP contribution in [0.5, 0.6) is 0 Å². The lowest BCUT2D eigenvalue weighted by Gasteiger charge is -2.21. The highest BCUT2D eigenvalue weighted by atomic mass is 16.6. The summed E-state index contributed by atoms with van der Waals surface area (Å²) in [4.78, 5) is 33.9. The lowest BCUT2D eigenvalue weighted by molar-refractivity contribution is -0.156.